The highest BCUT2D eigenvalue weighted by Gasteiger charge is 2.35. The molecule has 0 atom stereocenters. The van der Waals surface area contributed by atoms with Crippen molar-refractivity contribution in [3.63, 3.8) is 0 Å². The minimum absolute atomic E-state index is 0.00695. The number of hydrogen-bond acceptors (Lipinski definition) is 3. The van der Waals surface area contributed by atoms with Crippen LogP contribution < -0.4 is 4.90 Å². The van der Waals surface area contributed by atoms with Crippen molar-refractivity contribution < 1.29 is 9.59 Å². The van der Waals surface area contributed by atoms with Crippen LogP contribution in [0.4, 0.5) is 5.69 Å². The molecule has 0 aromatic heterocycles. The maximum Gasteiger partial charge on any atom is 0.243 e. The van der Waals surface area contributed by atoms with Gasteiger partial charge in [0.2, 0.25) is 11.8 Å². The van der Waals surface area contributed by atoms with Gasteiger partial charge in [-0.15, -0.1) is 11.8 Å². The molecule has 2 aliphatic rings. The number of anilines is 1. The molecule has 2 aromatic carbocycles. The van der Waals surface area contributed by atoms with Gasteiger partial charge in [0.15, 0.2) is 0 Å². The smallest absolute Gasteiger partial charge is 0.243 e. The monoisotopic (exact) mass is 352 g/mol. The first-order valence-corrected chi connectivity index (χ1v) is 9.56. The molecule has 1 aliphatic heterocycles. The molecular weight excluding hydrogens is 332 g/mol. The highest BCUT2D eigenvalue weighted by Crippen LogP contribution is 2.35. The fraction of sp³-hybridized carbons (Fsp3) is 0.300. The number of rotatable bonds is 5. The third kappa shape index (κ3) is 3.56. The van der Waals surface area contributed by atoms with Crippen molar-refractivity contribution in [3.8, 4) is 0 Å². The van der Waals surface area contributed by atoms with Crippen molar-refractivity contribution in [2.45, 2.75) is 30.3 Å². The molecule has 1 saturated carbocycles. The van der Waals surface area contributed by atoms with Gasteiger partial charge < -0.3 is 9.80 Å². The topological polar surface area (TPSA) is 40.6 Å². The molecule has 2 amide bonds. The van der Waals surface area contributed by atoms with Crippen molar-refractivity contribution in [1.82, 2.24) is 4.90 Å². The van der Waals surface area contributed by atoms with Crippen molar-refractivity contribution >= 4 is 29.3 Å². The van der Waals surface area contributed by atoms with E-state index in [1.165, 1.54) is 0 Å². The molecule has 2 aromatic rings. The summed E-state index contributed by atoms with van der Waals surface area (Å²) in [6.45, 7) is 0.739. The Balaban J connectivity index is 1.53. The molecule has 0 N–H and O–H groups in total. The fourth-order valence-corrected chi connectivity index (χ4v) is 4.08. The van der Waals surface area contributed by atoms with Gasteiger partial charge in [-0.2, -0.15) is 0 Å². The minimum atomic E-state index is 0.00695. The summed E-state index contributed by atoms with van der Waals surface area (Å²) in [7, 11) is 0. The summed E-state index contributed by atoms with van der Waals surface area (Å²) >= 11 is 1.54. The van der Waals surface area contributed by atoms with E-state index in [-0.39, 0.29) is 18.4 Å². The number of carbonyl (C=O) groups is 2. The molecule has 5 heteroatoms. The summed E-state index contributed by atoms with van der Waals surface area (Å²) in [5, 5.41) is 0. The molecule has 1 aliphatic carbocycles. The van der Waals surface area contributed by atoms with Gasteiger partial charge in [0.1, 0.15) is 6.54 Å². The van der Waals surface area contributed by atoms with E-state index in [0.29, 0.717) is 18.3 Å². The maximum absolute atomic E-state index is 13.0. The van der Waals surface area contributed by atoms with Crippen LogP contribution in [-0.4, -0.2) is 35.1 Å². The van der Waals surface area contributed by atoms with Crippen LogP contribution in [0.15, 0.2) is 59.5 Å². The number of thioether (sulfide) groups is 1. The fourth-order valence-electron chi connectivity index (χ4n) is 3.14. The van der Waals surface area contributed by atoms with E-state index in [4.69, 9.17) is 0 Å². The molecule has 1 heterocycles. The van der Waals surface area contributed by atoms with Crippen LogP contribution in [0.25, 0.3) is 0 Å². The molecular formula is C20H20N2O2S. The first kappa shape index (κ1) is 16.2. The van der Waals surface area contributed by atoms with E-state index in [0.717, 1.165) is 29.0 Å². The van der Waals surface area contributed by atoms with Crippen LogP contribution >= 0.6 is 11.8 Å². The second-order valence-electron chi connectivity index (χ2n) is 6.47. The summed E-state index contributed by atoms with van der Waals surface area (Å²) in [4.78, 5) is 30.0. The summed E-state index contributed by atoms with van der Waals surface area (Å²) < 4.78 is 0. The van der Waals surface area contributed by atoms with Crippen molar-refractivity contribution in [2.24, 2.45) is 0 Å². The number of hydrogen-bond donors (Lipinski definition) is 0. The van der Waals surface area contributed by atoms with Crippen LogP contribution in [0.3, 0.4) is 0 Å². The van der Waals surface area contributed by atoms with E-state index in [1.807, 2.05) is 59.5 Å². The van der Waals surface area contributed by atoms with Crippen molar-refractivity contribution in [2.75, 3.05) is 17.2 Å². The maximum atomic E-state index is 13.0. The van der Waals surface area contributed by atoms with Crippen LogP contribution in [0.1, 0.15) is 18.4 Å². The van der Waals surface area contributed by atoms with Gasteiger partial charge in [-0.3, -0.25) is 9.59 Å². The second kappa shape index (κ2) is 6.92. The summed E-state index contributed by atoms with van der Waals surface area (Å²) in [5.74, 6) is 0.431. The Hall–Kier alpha value is -2.27. The SMILES string of the molecule is O=C1CSc2ccccc2N1CC(=O)N(Cc1ccccc1)C1CC1. The van der Waals surface area contributed by atoms with Gasteiger partial charge in [0, 0.05) is 17.5 Å². The van der Waals surface area contributed by atoms with Gasteiger partial charge in [-0.25, -0.2) is 0 Å². The molecule has 4 nitrogen and oxygen atoms in total. The molecule has 128 valence electrons. The number of carbonyl (C=O) groups excluding carboxylic acids is 2. The Morgan fingerprint density at radius 3 is 2.56 bits per heavy atom. The number of amides is 2. The third-order valence-corrected chi connectivity index (χ3v) is 5.65. The lowest BCUT2D eigenvalue weighted by Gasteiger charge is -2.31. The van der Waals surface area contributed by atoms with Gasteiger partial charge in [0.05, 0.1) is 11.4 Å². The van der Waals surface area contributed by atoms with E-state index >= 15 is 0 Å². The molecule has 0 bridgehead atoms. The highest BCUT2D eigenvalue weighted by molar-refractivity contribution is 8.00. The molecule has 1 fully saturated rings. The lowest BCUT2D eigenvalue weighted by atomic mass is 10.2. The normalized spacial score (nSPS) is 16.5. The Morgan fingerprint density at radius 1 is 1.08 bits per heavy atom. The summed E-state index contributed by atoms with van der Waals surface area (Å²) in [6, 6.07) is 18.2. The zero-order valence-corrected chi connectivity index (χ0v) is 14.7. The zero-order valence-electron chi connectivity index (χ0n) is 13.9. The molecule has 0 unspecified atom stereocenters. The standard InChI is InChI=1S/C20H20N2O2S/c23-19(21(16-10-11-16)12-15-6-2-1-3-7-15)13-22-17-8-4-5-9-18(17)25-14-20(22)24/h1-9,16H,10-14H2. The van der Waals surface area contributed by atoms with Gasteiger partial charge >= 0.3 is 0 Å². The quantitative estimate of drug-likeness (QED) is 0.829. The van der Waals surface area contributed by atoms with E-state index in [9.17, 15) is 9.59 Å². The van der Waals surface area contributed by atoms with Gasteiger partial charge in [0.25, 0.3) is 0 Å². The third-order valence-electron chi connectivity index (χ3n) is 4.61. The summed E-state index contributed by atoms with van der Waals surface area (Å²) in [6.07, 6.45) is 2.11. The second-order valence-corrected chi connectivity index (χ2v) is 7.49. The Kier molecular flexibility index (Phi) is 4.49. The lowest BCUT2D eigenvalue weighted by molar-refractivity contribution is -0.132. The minimum Gasteiger partial charge on any atom is -0.334 e. The van der Waals surface area contributed by atoms with Gasteiger partial charge in [-0.05, 0) is 30.5 Å². The van der Waals surface area contributed by atoms with Crippen molar-refractivity contribution in [1.29, 1.82) is 0 Å². The zero-order chi connectivity index (χ0) is 17.2. The van der Waals surface area contributed by atoms with Crippen LogP contribution in [-0.2, 0) is 16.1 Å². The lowest BCUT2D eigenvalue weighted by Crippen LogP contribution is -2.45. The highest BCUT2D eigenvalue weighted by atomic mass is 32.2. The summed E-state index contributed by atoms with van der Waals surface area (Å²) in [5.41, 5.74) is 1.98. The van der Waals surface area contributed by atoms with E-state index in [1.54, 1.807) is 16.7 Å². The largest absolute Gasteiger partial charge is 0.334 e. The molecule has 0 saturated heterocycles. The molecule has 4 rings (SSSR count). The van der Waals surface area contributed by atoms with Crippen LogP contribution in [0, 0.1) is 0 Å². The average Bonchev–Trinajstić information content (AvgIpc) is 3.48. The first-order chi connectivity index (χ1) is 12.2. The number of para-hydroxylation sites is 1. The van der Waals surface area contributed by atoms with Crippen molar-refractivity contribution in [3.05, 3.63) is 60.2 Å². The number of fused-ring (bicyclic) bond motifs is 1. The van der Waals surface area contributed by atoms with Crippen LogP contribution in [0.2, 0.25) is 0 Å². The number of nitrogens with zero attached hydrogens (tertiary/aromatic N) is 2. The average molecular weight is 352 g/mol. The predicted octanol–water partition coefficient (Wildman–Crippen LogP) is 3.32. The molecule has 0 radical (unpaired) electrons. The first-order valence-electron chi connectivity index (χ1n) is 8.58. The predicted molar refractivity (Wildman–Crippen MR) is 99.5 cm³/mol. The van der Waals surface area contributed by atoms with E-state index in [2.05, 4.69) is 0 Å². The number of benzene rings is 2. The molecule has 0 spiro atoms. The van der Waals surface area contributed by atoms with Crippen LogP contribution in [0.5, 0.6) is 0 Å². The Bertz CT molecular complexity index is 789. The van der Waals surface area contributed by atoms with E-state index < -0.39 is 0 Å². The Labute approximate surface area is 151 Å². The van der Waals surface area contributed by atoms with Gasteiger partial charge in [-0.1, -0.05) is 42.5 Å². The molecule has 25 heavy (non-hydrogen) atoms. The Morgan fingerprint density at radius 2 is 1.80 bits per heavy atom.